The maximum absolute atomic E-state index is 12.8. The Kier molecular flexibility index (Phi) is 4.65. The van der Waals surface area contributed by atoms with Crippen LogP contribution in [-0.4, -0.2) is 69.9 Å². The van der Waals surface area contributed by atoms with Gasteiger partial charge >= 0.3 is 0 Å². The molecule has 25 heavy (non-hydrogen) atoms. The zero-order chi connectivity index (χ0) is 17.4. The third-order valence-electron chi connectivity index (χ3n) is 6.00. The zero-order valence-electron chi connectivity index (χ0n) is 15.4. The highest BCUT2D eigenvalue weighted by Gasteiger charge is 2.34. The van der Waals surface area contributed by atoms with Crippen LogP contribution in [-0.2, 0) is 17.9 Å². The van der Waals surface area contributed by atoms with Crippen molar-refractivity contribution in [1.82, 2.24) is 24.3 Å². The number of fused-ring (bicyclic) bond motifs is 1. The molecule has 0 aromatic carbocycles. The fourth-order valence-electron chi connectivity index (χ4n) is 4.28. The van der Waals surface area contributed by atoms with E-state index in [1.165, 1.54) is 5.69 Å². The van der Waals surface area contributed by atoms with E-state index in [1.807, 2.05) is 11.1 Å². The molecule has 0 spiro atoms. The summed E-state index contributed by atoms with van der Waals surface area (Å²) in [6.45, 7) is 9.26. The molecule has 2 aliphatic heterocycles. The van der Waals surface area contributed by atoms with Gasteiger partial charge in [-0.25, -0.2) is 4.98 Å². The highest BCUT2D eigenvalue weighted by atomic mass is 16.2. The molecular weight excluding hydrogens is 314 g/mol. The van der Waals surface area contributed by atoms with Crippen LogP contribution in [0.15, 0.2) is 18.3 Å². The van der Waals surface area contributed by atoms with E-state index in [0.29, 0.717) is 5.91 Å². The minimum atomic E-state index is 0.0723. The monoisotopic (exact) mass is 343 g/mol. The Balaban J connectivity index is 1.45. The molecule has 0 radical (unpaired) electrons. The number of hydrogen-bond acceptors (Lipinski definition) is 4. The van der Waals surface area contributed by atoms with Crippen LogP contribution in [0.5, 0.6) is 0 Å². The number of rotatable bonds is 3. The maximum atomic E-state index is 12.8. The molecule has 1 unspecified atom stereocenters. The quantitative estimate of drug-likeness (QED) is 0.780. The molecule has 1 aliphatic carbocycles. The van der Waals surface area contributed by atoms with Crippen molar-refractivity contribution in [2.45, 2.75) is 38.9 Å². The topological polar surface area (TPSA) is 44.6 Å². The summed E-state index contributed by atoms with van der Waals surface area (Å²) in [5, 5.41) is 0. The van der Waals surface area contributed by atoms with Crippen molar-refractivity contribution in [3.63, 3.8) is 0 Å². The van der Waals surface area contributed by atoms with Crippen LogP contribution >= 0.6 is 0 Å². The van der Waals surface area contributed by atoms with Crippen molar-refractivity contribution < 1.29 is 4.79 Å². The lowest BCUT2D eigenvalue weighted by molar-refractivity contribution is -0.138. The van der Waals surface area contributed by atoms with Gasteiger partial charge in [0.05, 0.1) is 11.7 Å². The van der Waals surface area contributed by atoms with E-state index >= 15 is 0 Å². The van der Waals surface area contributed by atoms with Crippen LogP contribution in [0.1, 0.15) is 37.3 Å². The summed E-state index contributed by atoms with van der Waals surface area (Å²) in [6.07, 6.45) is 8.07. The SMILES string of the molecule is CC1c2ncc(CN3CCN(C)CC3)n2CCN1C(=O)C1CC=CC1. The number of hydrogen-bond donors (Lipinski definition) is 0. The predicted octanol–water partition coefficient (Wildman–Crippen LogP) is 1.50. The molecule has 0 N–H and O–H groups in total. The Hall–Kier alpha value is -1.66. The normalized spacial score (nSPS) is 25.5. The number of likely N-dealkylation sites (N-methyl/N-ethyl adjacent to an activating group) is 1. The first kappa shape index (κ1) is 16.8. The molecule has 1 fully saturated rings. The van der Waals surface area contributed by atoms with Crippen molar-refractivity contribution in [1.29, 1.82) is 0 Å². The molecule has 1 aromatic heterocycles. The van der Waals surface area contributed by atoms with Crippen LogP contribution in [0, 0.1) is 5.92 Å². The lowest BCUT2D eigenvalue weighted by atomic mass is 10.0. The number of allylic oxidation sites excluding steroid dienone is 2. The van der Waals surface area contributed by atoms with Gasteiger partial charge in [-0.3, -0.25) is 9.69 Å². The van der Waals surface area contributed by atoms with Gasteiger partial charge in [-0.15, -0.1) is 0 Å². The molecule has 6 heteroatoms. The first-order valence-corrected chi connectivity index (χ1v) is 9.54. The predicted molar refractivity (Wildman–Crippen MR) is 97.0 cm³/mol. The molecule has 1 aromatic rings. The molecule has 4 rings (SSSR count). The molecule has 0 saturated carbocycles. The van der Waals surface area contributed by atoms with E-state index in [4.69, 9.17) is 4.98 Å². The molecule has 1 atom stereocenters. The van der Waals surface area contributed by atoms with Gasteiger partial charge in [0.25, 0.3) is 0 Å². The average molecular weight is 343 g/mol. The second kappa shape index (κ2) is 6.92. The molecule has 3 heterocycles. The van der Waals surface area contributed by atoms with Crippen molar-refractivity contribution >= 4 is 5.91 Å². The number of carbonyl (C=O) groups is 1. The van der Waals surface area contributed by atoms with E-state index in [0.717, 1.165) is 64.5 Å². The van der Waals surface area contributed by atoms with Gasteiger partial charge in [0.15, 0.2) is 0 Å². The van der Waals surface area contributed by atoms with E-state index in [-0.39, 0.29) is 12.0 Å². The van der Waals surface area contributed by atoms with Gasteiger partial charge in [-0.1, -0.05) is 12.2 Å². The van der Waals surface area contributed by atoms with Crippen molar-refractivity contribution in [2.75, 3.05) is 39.8 Å². The molecule has 0 bridgehead atoms. The highest BCUT2D eigenvalue weighted by molar-refractivity contribution is 5.80. The average Bonchev–Trinajstić information content (AvgIpc) is 3.27. The number of aromatic nitrogens is 2. The molecule has 136 valence electrons. The highest BCUT2D eigenvalue weighted by Crippen LogP contribution is 2.30. The van der Waals surface area contributed by atoms with E-state index < -0.39 is 0 Å². The van der Waals surface area contributed by atoms with Crippen LogP contribution < -0.4 is 0 Å². The Morgan fingerprint density at radius 3 is 2.56 bits per heavy atom. The number of piperazine rings is 1. The van der Waals surface area contributed by atoms with Crippen molar-refractivity contribution in [2.24, 2.45) is 5.92 Å². The number of amides is 1. The summed E-state index contributed by atoms with van der Waals surface area (Å²) < 4.78 is 2.35. The van der Waals surface area contributed by atoms with E-state index in [2.05, 4.69) is 40.5 Å². The van der Waals surface area contributed by atoms with Crippen molar-refractivity contribution in [3.8, 4) is 0 Å². The summed E-state index contributed by atoms with van der Waals surface area (Å²) in [7, 11) is 2.19. The molecule has 1 amide bonds. The van der Waals surface area contributed by atoms with Gasteiger partial charge in [0.2, 0.25) is 5.91 Å². The largest absolute Gasteiger partial charge is 0.331 e. The molecular formula is C19H29N5O. The van der Waals surface area contributed by atoms with Gasteiger partial charge in [-0.2, -0.15) is 0 Å². The second-order valence-electron chi connectivity index (χ2n) is 7.69. The van der Waals surface area contributed by atoms with Crippen molar-refractivity contribution in [3.05, 3.63) is 29.9 Å². The Morgan fingerprint density at radius 2 is 1.84 bits per heavy atom. The van der Waals surface area contributed by atoms with Gasteiger partial charge in [0.1, 0.15) is 5.82 Å². The summed E-state index contributed by atoms with van der Waals surface area (Å²) in [5.41, 5.74) is 1.29. The van der Waals surface area contributed by atoms with Gasteiger partial charge < -0.3 is 14.4 Å². The summed E-state index contributed by atoms with van der Waals surface area (Å²) in [5.74, 6) is 1.50. The fraction of sp³-hybridized carbons (Fsp3) is 0.684. The standard InChI is InChI=1S/C19H29N5O/c1-15-18-20-13-17(14-22-9-7-21(2)8-10-22)24(18)12-11-23(15)19(25)16-5-3-4-6-16/h3-4,13,15-16H,5-12,14H2,1-2H3. The van der Waals surface area contributed by atoms with Gasteiger partial charge in [-0.05, 0) is 26.8 Å². The summed E-state index contributed by atoms with van der Waals surface area (Å²) in [6, 6.07) is 0.0723. The second-order valence-corrected chi connectivity index (χ2v) is 7.69. The lowest BCUT2D eigenvalue weighted by Crippen LogP contribution is -2.45. The lowest BCUT2D eigenvalue weighted by Gasteiger charge is -2.37. The third kappa shape index (κ3) is 3.25. The van der Waals surface area contributed by atoms with Crippen LogP contribution in [0.25, 0.3) is 0 Å². The number of imidazole rings is 1. The van der Waals surface area contributed by atoms with E-state index in [9.17, 15) is 4.79 Å². The van der Waals surface area contributed by atoms with Crippen LogP contribution in [0.4, 0.5) is 0 Å². The van der Waals surface area contributed by atoms with Crippen LogP contribution in [0.3, 0.4) is 0 Å². The molecule has 6 nitrogen and oxygen atoms in total. The fourth-order valence-corrected chi connectivity index (χ4v) is 4.28. The number of carbonyl (C=O) groups excluding carboxylic acids is 1. The molecule has 3 aliphatic rings. The minimum Gasteiger partial charge on any atom is -0.331 e. The minimum absolute atomic E-state index is 0.0723. The number of nitrogens with zero attached hydrogens (tertiary/aromatic N) is 5. The van der Waals surface area contributed by atoms with Crippen LogP contribution in [0.2, 0.25) is 0 Å². The summed E-state index contributed by atoms with van der Waals surface area (Å²) in [4.78, 5) is 24.4. The summed E-state index contributed by atoms with van der Waals surface area (Å²) >= 11 is 0. The zero-order valence-corrected chi connectivity index (χ0v) is 15.4. The molecule has 1 saturated heterocycles. The van der Waals surface area contributed by atoms with Gasteiger partial charge in [0, 0.05) is 57.9 Å². The van der Waals surface area contributed by atoms with E-state index in [1.54, 1.807) is 0 Å². The Bertz CT molecular complexity index is 651. The first-order chi connectivity index (χ1) is 12.1. The third-order valence-corrected chi connectivity index (χ3v) is 6.00. The Labute approximate surface area is 150 Å². The maximum Gasteiger partial charge on any atom is 0.226 e. The Morgan fingerprint density at radius 1 is 1.12 bits per heavy atom. The smallest absolute Gasteiger partial charge is 0.226 e. The first-order valence-electron chi connectivity index (χ1n) is 9.54.